The number of ether oxygens (including phenoxy) is 1. The minimum Gasteiger partial charge on any atom is -0.455 e. The second-order valence-electron chi connectivity index (χ2n) is 6.36. The molecular formula is C21H21FN2O5S. The van der Waals surface area contributed by atoms with Crippen molar-refractivity contribution in [3.8, 4) is 11.3 Å². The van der Waals surface area contributed by atoms with Crippen molar-refractivity contribution in [3.05, 3.63) is 71.7 Å². The average molecular weight is 432 g/mol. The van der Waals surface area contributed by atoms with Gasteiger partial charge >= 0.3 is 5.97 Å². The molecule has 0 amide bonds. The normalized spacial score (nSPS) is 11.6. The number of rotatable bonds is 8. The number of hydrogen-bond acceptors (Lipinski definition) is 6. The zero-order chi connectivity index (χ0) is 21.7. The van der Waals surface area contributed by atoms with Gasteiger partial charge in [-0.3, -0.25) is 0 Å². The molecule has 0 atom stereocenters. The van der Waals surface area contributed by atoms with E-state index in [0.29, 0.717) is 11.5 Å². The Morgan fingerprint density at radius 3 is 2.47 bits per heavy atom. The van der Waals surface area contributed by atoms with Gasteiger partial charge in [-0.2, -0.15) is 4.31 Å². The van der Waals surface area contributed by atoms with Crippen LogP contribution in [0.3, 0.4) is 0 Å². The van der Waals surface area contributed by atoms with Crippen molar-refractivity contribution in [2.75, 3.05) is 13.1 Å². The first-order valence-corrected chi connectivity index (χ1v) is 10.8. The minimum atomic E-state index is -4.06. The van der Waals surface area contributed by atoms with E-state index in [1.165, 1.54) is 6.07 Å². The Kier molecular flexibility index (Phi) is 6.63. The van der Waals surface area contributed by atoms with Crippen molar-refractivity contribution >= 4 is 16.0 Å². The standard InChI is InChI=1S/C21H21FN2O5S/c1-3-24(4-2)30(26,27)20-12-16(10-11-18(20)22)21(25)28-14-17-13-19(29-23-17)15-8-6-5-7-9-15/h5-13H,3-4,14H2,1-2H3. The molecule has 1 aromatic heterocycles. The molecule has 3 rings (SSSR count). The fourth-order valence-electron chi connectivity index (χ4n) is 2.87. The molecule has 0 saturated heterocycles. The van der Waals surface area contributed by atoms with Gasteiger partial charge in [0.15, 0.2) is 5.76 Å². The van der Waals surface area contributed by atoms with Gasteiger partial charge in [0.05, 0.1) is 5.56 Å². The Morgan fingerprint density at radius 1 is 1.10 bits per heavy atom. The molecule has 7 nitrogen and oxygen atoms in total. The van der Waals surface area contributed by atoms with Crippen LogP contribution in [-0.2, 0) is 21.4 Å². The molecule has 9 heteroatoms. The molecule has 0 bridgehead atoms. The van der Waals surface area contributed by atoms with E-state index in [1.54, 1.807) is 19.9 Å². The molecular weight excluding hydrogens is 411 g/mol. The summed E-state index contributed by atoms with van der Waals surface area (Å²) in [6.07, 6.45) is 0. The van der Waals surface area contributed by atoms with Crippen molar-refractivity contribution in [2.45, 2.75) is 25.3 Å². The molecule has 0 N–H and O–H groups in total. The minimum absolute atomic E-state index is 0.0751. The average Bonchev–Trinajstić information content (AvgIpc) is 3.22. The molecule has 0 radical (unpaired) electrons. The Labute approximate surface area is 174 Å². The molecule has 2 aromatic carbocycles. The highest BCUT2D eigenvalue weighted by atomic mass is 32.2. The number of carbonyl (C=O) groups excluding carboxylic acids is 1. The maximum absolute atomic E-state index is 14.2. The lowest BCUT2D eigenvalue weighted by molar-refractivity contribution is 0.0464. The quantitative estimate of drug-likeness (QED) is 0.502. The fourth-order valence-corrected chi connectivity index (χ4v) is 4.42. The number of sulfonamides is 1. The number of benzene rings is 2. The van der Waals surface area contributed by atoms with Gasteiger partial charge in [0.25, 0.3) is 0 Å². The molecule has 158 valence electrons. The molecule has 30 heavy (non-hydrogen) atoms. The molecule has 0 aliphatic rings. The van der Waals surface area contributed by atoms with E-state index >= 15 is 0 Å². The second-order valence-corrected chi connectivity index (χ2v) is 8.27. The number of aromatic nitrogens is 1. The zero-order valence-corrected chi connectivity index (χ0v) is 17.4. The summed E-state index contributed by atoms with van der Waals surface area (Å²) in [5.41, 5.74) is 1.14. The lowest BCUT2D eigenvalue weighted by atomic mass is 10.2. The number of nitrogens with zero attached hydrogens (tertiary/aromatic N) is 2. The highest BCUT2D eigenvalue weighted by molar-refractivity contribution is 7.89. The van der Waals surface area contributed by atoms with E-state index in [-0.39, 0.29) is 25.3 Å². The van der Waals surface area contributed by atoms with E-state index in [4.69, 9.17) is 9.26 Å². The Hall–Kier alpha value is -3.04. The Morgan fingerprint density at radius 2 is 1.80 bits per heavy atom. The molecule has 0 spiro atoms. The van der Waals surface area contributed by atoms with Crippen LogP contribution >= 0.6 is 0 Å². The third-order valence-corrected chi connectivity index (χ3v) is 6.52. The topological polar surface area (TPSA) is 89.7 Å². The summed E-state index contributed by atoms with van der Waals surface area (Å²) in [6.45, 7) is 3.49. The largest absolute Gasteiger partial charge is 0.455 e. The summed E-state index contributed by atoms with van der Waals surface area (Å²) < 4.78 is 51.0. The Balaban J connectivity index is 1.74. The monoisotopic (exact) mass is 432 g/mol. The summed E-state index contributed by atoms with van der Waals surface area (Å²) in [5.74, 6) is -1.20. The van der Waals surface area contributed by atoms with Crippen molar-refractivity contribution < 1.29 is 26.9 Å². The third-order valence-electron chi connectivity index (χ3n) is 4.46. The van der Waals surface area contributed by atoms with Crippen molar-refractivity contribution in [3.63, 3.8) is 0 Å². The Bertz CT molecular complexity index is 1130. The number of esters is 1. The smallest absolute Gasteiger partial charge is 0.338 e. The molecule has 0 fully saturated rings. The number of halogens is 1. The van der Waals surface area contributed by atoms with E-state index in [2.05, 4.69) is 5.16 Å². The van der Waals surface area contributed by atoms with Crippen molar-refractivity contribution in [2.24, 2.45) is 0 Å². The maximum Gasteiger partial charge on any atom is 0.338 e. The molecule has 3 aromatic rings. The van der Waals surface area contributed by atoms with Crippen LogP contribution in [0.4, 0.5) is 4.39 Å². The first-order valence-electron chi connectivity index (χ1n) is 9.34. The summed E-state index contributed by atoms with van der Waals surface area (Å²) in [7, 11) is -4.06. The third kappa shape index (κ3) is 4.58. The van der Waals surface area contributed by atoms with Gasteiger partial charge in [-0.15, -0.1) is 0 Å². The van der Waals surface area contributed by atoms with E-state index in [9.17, 15) is 17.6 Å². The van der Waals surface area contributed by atoms with Gasteiger partial charge < -0.3 is 9.26 Å². The van der Waals surface area contributed by atoms with Gasteiger partial charge in [0, 0.05) is 24.7 Å². The van der Waals surface area contributed by atoms with Crippen LogP contribution < -0.4 is 0 Å². The van der Waals surface area contributed by atoms with E-state index in [0.717, 1.165) is 22.0 Å². The summed E-state index contributed by atoms with van der Waals surface area (Å²) in [5, 5.41) is 3.86. The molecule has 0 unspecified atom stereocenters. The molecule has 0 aliphatic carbocycles. The number of hydrogen-bond donors (Lipinski definition) is 0. The lowest BCUT2D eigenvalue weighted by Gasteiger charge is -2.19. The number of carbonyl (C=O) groups is 1. The fraction of sp³-hybridized carbons (Fsp3) is 0.238. The SMILES string of the molecule is CCN(CC)S(=O)(=O)c1cc(C(=O)OCc2cc(-c3ccccc3)on2)ccc1F. The second kappa shape index (κ2) is 9.19. The lowest BCUT2D eigenvalue weighted by Crippen LogP contribution is -2.31. The maximum atomic E-state index is 14.2. The molecule has 0 saturated carbocycles. The van der Waals surface area contributed by atoms with Crippen LogP contribution in [0.1, 0.15) is 29.9 Å². The molecule has 0 aliphatic heterocycles. The van der Waals surface area contributed by atoms with Crippen LogP contribution in [0.25, 0.3) is 11.3 Å². The van der Waals surface area contributed by atoms with Crippen LogP contribution in [0.15, 0.2) is 64.0 Å². The highest BCUT2D eigenvalue weighted by Crippen LogP contribution is 2.22. The first kappa shape index (κ1) is 21.7. The summed E-state index contributed by atoms with van der Waals surface area (Å²) in [6, 6.07) is 14.0. The van der Waals surface area contributed by atoms with E-state index < -0.39 is 26.7 Å². The van der Waals surface area contributed by atoms with Gasteiger partial charge in [-0.1, -0.05) is 49.3 Å². The van der Waals surface area contributed by atoms with Crippen LogP contribution in [0, 0.1) is 5.82 Å². The van der Waals surface area contributed by atoms with Crippen molar-refractivity contribution in [1.82, 2.24) is 9.46 Å². The van der Waals surface area contributed by atoms with Gasteiger partial charge in [0.1, 0.15) is 23.0 Å². The highest BCUT2D eigenvalue weighted by Gasteiger charge is 2.26. The van der Waals surface area contributed by atoms with Crippen molar-refractivity contribution in [1.29, 1.82) is 0 Å². The zero-order valence-electron chi connectivity index (χ0n) is 16.5. The van der Waals surface area contributed by atoms with E-state index in [1.807, 2.05) is 30.3 Å². The van der Waals surface area contributed by atoms with Crippen LogP contribution in [0.5, 0.6) is 0 Å². The van der Waals surface area contributed by atoms with Crippen LogP contribution in [-0.4, -0.2) is 36.9 Å². The van der Waals surface area contributed by atoms with Gasteiger partial charge in [-0.05, 0) is 18.2 Å². The first-order chi connectivity index (χ1) is 14.4. The summed E-state index contributed by atoms with van der Waals surface area (Å²) in [4.78, 5) is 11.8. The molecule has 1 heterocycles. The summed E-state index contributed by atoms with van der Waals surface area (Å²) >= 11 is 0. The van der Waals surface area contributed by atoms with Gasteiger partial charge in [0.2, 0.25) is 10.0 Å². The predicted octanol–water partition coefficient (Wildman–Crippen LogP) is 3.87. The van der Waals surface area contributed by atoms with Gasteiger partial charge in [-0.25, -0.2) is 17.6 Å². The van der Waals surface area contributed by atoms with Crippen LogP contribution in [0.2, 0.25) is 0 Å². The predicted molar refractivity (Wildman–Crippen MR) is 108 cm³/mol.